The molecule has 6 heteroatoms. The van der Waals surface area contributed by atoms with Crippen LogP contribution in [0, 0.1) is 13.8 Å². The van der Waals surface area contributed by atoms with Crippen molar-refractivity contribution < 1.29 is 9.90 Å². The lowest BCUT2D eigenvalue weighted by Gasteiger charge is -2.14. The lowest BCUT2D eigenvalue weighted by Crippen LogP contribution is -2.26. The van der Waals surface area contributed by atoms with Crippen LogP contribution in [0.4, 0.5) is 0 Å². The number of nitrogens with zero attached hydrogens (tertiary/aromatic N) is 3. The first-order chi connectivity index (χ1) is 9.50. The summed E-state index contributed by atoms with van der Waals surface area (Å²) in [4.78, 5) is 30.7. The number of aliphatic carboxylic acids is 1. The zero-order valence-corrected chi connectivity index (χ0v) is 11.3. The summed E-state index contributed by atoms with van der Waals surface area (Å²) in [5.41, 5.74) is 2.31. The molecule has 0 aliphatic heterocycles. The second kappa shape index (κ2) is 5.64. The normalized spacial score (nSPS) is 10.5. The highest BCUT2D eigenvalue weighted by atomic mass is 16.4. The summed E-state index contributed by atoms with van der Waals surface area (Å²) >= 11 is 0. The Morgan fingerprint density at radius 3 is 2.75 bits per heavy atom. The third kappa shape index (κ3) is 2.74. The highest BCUT2D eigenvalue weighted by Gasteiger charge is 2.13. The predicted octanol–water partition coefficient (Wildman–Crippen LogP) is 1.26. The second-order valence-electron chi connectivity index (χ2n) is 4.48. The Morgan fingerprint density at radius 1 is 1.40 bits per heavy atom. The van der Waals surface area contributed by atoms with Gasteiger partial charge in [-0.15, -0.1) is 0 Å². The van der Waals surface area contributed by atoms with Gasteiger partial charge in [0.2, 0.25) is 0 Å². The van der Waals surface area contributed by atoms with Gasteiger partial charge in [0.25, 0.3) is 0 Å². The van der Waals surface area contributed by atoms with Crippen LogP contribution in [-0.4, -0.2) is 25.6 Å². The molecular weight excluding hydrogens is 258 g/mol. The largest absolute Gasteiger partial charge is 0.481 e. The van der Waals surface area contributed by atoms with Crippen molar-refractivity contribution in [3.05, 3.63) is 52.0 Å². The molecule has 104 valence electrons. The molecule has 0 aromatic carbocycles. The summed E-state index contributed by atoms with van der Waals surface area (Å²) in [5, 5.41) is 8.80. The molecule has 2 aromatic rings. The molecule has 0 spiro atoms. The Bertz CT molecular complexity index is 693. The lowest BCUT2D eigenvalue weighted by molar-refractivity contribution is -0.136. The van der Waals surface area contributed by atoms with E-state index in [0.717, 1.165) is 5.56 Å². The first kappa shape index (κ1) is 13.9. The Balaban J connectivity index is 2.56. The first-order valence-corrected chi connectivity index (χ1v) is 6.22. The van der Waals surface area contributed by atoms with Crippen molar-refractivity contribution in [2.24, 2.45) is 0 Å². The molecule has 0 aliphatic rings. The molecular formula is C14H15N3O3. The molecule has 2 heterocycles. The molecule has 0 fully saturated rings. The third-order valence-electron chi connectivity index (χ3n) is 3.16. The van der Waals surface area contributed by atoms with Gasteiger partial charge >= 0.3 is 11.7 Å². The van der Waals surface area contributed by atoms with Crippen molar-refractivity contribution in [2.75, 3.05) is 0 Å². The summed E-state index contributed by atoms with van der Waals surface area (Å²) in [6, 6.07) is 3.50. The minimum Gasteiger partial charge on any atom is -0.481 e. The number of pyridine rings is 1. The van der Waals surface area contributed by atoms with Gasteiger partial charge in [0, 0.05) is 24.0 Å². The molecule has 0 bridgehead atoms. The van der Waals surface area contributed by atoms with Crippen molar-refractivity contribution in [2.45, 2.75) is 26.7 Å². The van der Waals surface area contributed by atoms with E-state index in [1.54, 1.807) is 38.4 Å². The molecule has 0 saturated heterocycles. The zero-order valence-electron chi connectivity index (χ0n) is 11.3. The summed E-state index contributed by atoms with van der Waals surface area (Å²) < 4.78 is 1.46. The highest BCUT2D eigenvalue weighted by Crippen LogP contribution is 2.15. The standard InChI is InChI=1S/C14H15N3O3/c1-9-12(5-6-13(18)19)10(2)17(14(20)16-9)11-4-3-7-15-8-11/h3-4,7-8H,5-6H2,1-2H3,(H,18,19). The van der Waals surface area contributed by atoms with Crippen molar-refractivity contribution in [1.82, 2.24) is 14.5 Å². The number of carboxylic acid groups (broad SMARTS) is 1. The van der Waals surface area contributed by atoms with E-state index < -0.39 is 5.97 Å². The van der Waals surface area contributed by atoms with Crippen molar-refractivity contribution >= 4 is 5.97 Å². The first-order valence-electron chi connectivity index (χ1n) is 6.22. The number of aryl methyl sites for hydroxylation is 1. The van der Waals surface area contributed by atoms with E-state index in [0.29, 0.717) is 23.5 Å². The van der Waals surface area contributed by atoms with E-state index in [4.69, 9.17) is 5.11 Å². The van der Waals surface area contributed by atoms with Crippen molar-refractivity contribution in [3.8, 4) is 5.69 Å². The minimum absolute atomic E-state index is 0.00854. The van der Waals surface area contributed by atoms with E-state index >= 15 is 0 Å². The smallest absolute Gasteiger partial charge is 0.352 e. The van der Waals surface area contributed by atoms with Gasteiger partial charge in [0.1, 0.15) is 0 Å². The van der Waals surface area contributed by atoms with Crippen LogP contribution in [0.25, 0.3) is 5.69 Å². The fourth-order valence-corrected chi connectivity index (χ4v) is 2.19. The molecule has 2 aromatic heterocycles. The van der Waals surface area contributed by atoms with Crippen LogP contribution in [0.3, 0.4) is 0 Å². The van der Waals surface area contributed by atoms with E-state index in [-0.39, 0.29) is 12.1 Å². The van der Waals surface area contributed by atoms with Crippen LogP contribution in [0.1, 0.15) is 23.4 Å². The molecule has 0 atom stereocenters. The Kier molecular flexibility index (Phi) is 3.93. The maximum atomic E-state index is 12.1. The van der Waals surface area contributed by atoms with Crippen LogP contribution in [0.15, 0.2) is 29.3 Å². The second-order valence-corrected chi connectivity index (χ2v) is 4.48. The van der Waals surface area contributed by atoms with Gasteiger partial charge in [-0.2, -0.15) is 4.98 Å². The van der Waals surface area contributed by atoms with E-state index in [2.05, 4.69) is 9.97 Å². The summed E-state index contributed by atoms with van der Waals surface area (Å²) in [5.74, 6) is -0.872. The molecule has 2 rings (SSSR count). The molecule has 1 N–H and O–H groups in total. The number of carboxylic acids is 1. The number of carbonyl (C=O) groups is 1. The molecule has 0 unspecified atom stereocenters. The number of hydrogen-bond acceptors (Lipinski definition) is 4. The van der Waals surface area contributed by atoms with Gasteiger partial charge in [-0.05, 0) is 38.0 Å². The van der Waals surface area contributed by atoms with Crippen LogP contribution < -0.4 is 5.69 Å². The fourth-order valence-electron chi connectivity index (χ4n) is 2.19. The van der Waals surface area contributed by atoms with Gasteiger partial charge in [0.15, 0.2) is 0 Å². The van der Waals surface area contributed by atoms with Crippen LogP contribution >= 0.6 is 0 Å². The monoisotopic (exact) mass is 273 g/mol. The maximum Gasteiger partial charge on any atom is 0.352 e. The van der Waals surface area contributed by atoms with E-state index in [1.807, 2.05) is 0 Å². The number of rotatable bonds is 4. The minimum atomic E-state index is -0.872. The third-order valence-corrected chi connectivity index (χ3v) is 3.16. The van der Waals surface area contributed by atoms with Crippen LogP contribution in [0.2, 0.25) is 0 Å². The maximum absolute atomic E-state index is 12.1. The van der Waals surface area contributed by atoms with Crippen LogP contribution in [0.5, 0.6) is 0 Å². The molecule has 0 saturated carbocycles. The molecule has 0 amide bonds. The molecule has 6 nitrogen and oxygen atoms in total. The van der Waals surface area contributed by atoms with Crippen molar-refractivity contribution in [1.29, 1.82) is 0 Å². The number of aromatic nitrogens is 3. The van der Waals surface area contributed by atoms with Crippen LogP contribution in [-0.2, 0) is 11.2 Å². The molecule has 20 heavy (non-hydrogen) atoms. The average molecular weight is 273 g/mol. The quantitative estimate of drug-likeness (QED) is 0.906. The van der Waals surface area contributed by atoms with Gasteiger partial charge in [0.05, 0.1) is 11.9 Å². The Labute approximate surface area is 115 Å². The van der Waals surface area contributed by atoms with E-state index in [1.165, 1.54) is 4.57 Å². The van der Waals surface area contributed by atoms with E-state index in [9.17, 15) is 9.59 Å². The summed E-state index contributed by atoms with van der Waals surface area (Å²) in [6.45, 7) is 3.51. The zero-order chi connectivity index (χ0) is 14.7. The fraction of sp³-hybridized carbons (Fsp3) is 0.286. The van der Waals surface area contributed by atoms with Crippen molar-refractivity contribution in [3.63, 3.8) is 0 Å². The van der Waals surface area contributed by atoms with Gasteiger partial charge in [-0.3, -0.25) is 14.3 Å². The topological polar surface area (TPSA) is 85.1 Å². The molecule has 0 radical (unpaired) electrons. The highest BCUT2D eigenvalue weighted by molar-refractivity contribution is 5.67. The SMILES string of the molecule is Cc1nc(=O)n(-c2cccnc2)c(C)c1CCC(=O)O. The molecule has 0 aliphatic carbocycles. The Morgan fingerprint density at radius 2 is 2.15 bits per heavy atom. The van der Waals surface area contributed by atoms with Gasteiger partial charge in [-0.25, -0.2) is 4.79 Å². The summed E-state index contributed by atoms with van der Waals surface area (Å²) in [6.07, 6.45) is 3.55. The Hall–Kier alpha value is -2.50. The van der Waals surface area contributed by atoms with Gasteiger partial charge in [-0.1, -0.05) is 0 Å². The average Bonchev–Trinajstić information content (AvgIpc) is 2.38. The number of hydrogen-bond donors (Lipinski definition) is 1. The lowest BCUT2D eigenvalue weighted by atomic mass is 10.1. The van der Waals surface area contributed by atoms with Gasteiger partial charge < -0.3 is 5.11 Å². The summed E-state index contributed by atoms with van der Waals surface area (Å²) in [7, 11) is 0. The predicted molar refractivity (Wildman–Crippen MR) is 73.1 cm³/mol.